The average molecular weight is 213 g/mol. The second kappa shape index (κ2) is 4.68. The molecule has 1 aromatic heterocycles. The van der Waals surface area contributed by atoms with E-state index in [2.05, 4.69) is 16.8 Å². The van der Waals surface area contributed by atoms with Crippen molar-refractivity contribution in [2.24, 2.45) is 0 Å². The third-order valence-electron chi connectivity index (χ3n) is 1.63. The summed E-state index contributed by atoms with van der Waals surface area (Å²) >= 11 is 5.35. The number of halogens is 1. The fraction of sp³-hybridized carbons (Fsp3) is 0.333. The van der Waals surface area contributed by atoms with Gasteiger partial charge in [-0.3, -0.25) is 14.3 Å². The maximum Gasteiger partial charge on any atom is 0.329 e. The zero-order valence-electron chi connectivity index (χ0n) is 7.63. The molecule has 1 N–H and O–H groups in total. The minimum absolute atomic E-state index is 0.233. The molecule has 0 saturated heterocycles. The van der Waals surface area contributed by atoms with Gasteiger partial charge in [-0.25, -0.2) is 4.79 Å². The Morgan fingerprint density at radius 1 is 1.50 bits per heavy atom. The van der Waals surface area contributed by atoms with Crippen LogP contribution in [0.2, 0.25) is 0 Å². The molecule has 4 nitrogen and oxygen atoms in total. The molecule has 0 radical (unpaired) electrons. The SMILES string of the molecule is Cc1cn(CC#CCCl)c(=O)[nH]c1=O. The first-order chi connectivity index (χ1) is 6.65. The fourth-order valence-electron chi connectivity index (χ4n) is 0.924. The molecular weight excluding hydrogens is 204 g/mol. The lowest BCUT2D eigenvalue weighted by atomic mass is 10.4. The maximum atomic E-state index is 11.2. The molecule has 1 aromatic rings. The van der Waals surface area contributed by atoms with Crippen LogP contribution in [-0.2, 0) is 6.54 Å². The Balaban J connectivity index is 3.05. The summed E-state index contributed by atoms with van der Waals surface area (Å²) in [6.45, 7) is 1.87. The van der Waals surface area contributed by atoms with E-state index in [1.165, 1.54) is 10.8 Å². The average Bonchev–Trinajstić information content (AvgIpc) is 2.14. The Kier molecular flexibility index (Phi) is 3.55. The lowest BCUT2D eigenvalue weighted by molar-refractivity contribution is 0.741. The van der Waals surface area contributed by atoms with Gasteiger partial charge in [0.05, 0.1) is 12.4 Å². The molecule has 1 heterocycles. The van der Waals surface area contributed by atoms with E-state index in [9.17, 15) is 9.59 Å². The Hall–Kier alpha value is -1.47. The topological polar surface area (TPSA) is 54.9 Å². The van der Waals surface area contributed by atoms with Crippen LogP contribution in [-0.4, -0.2) is 15.4 Å². The third-order valence-corrected chi connectivity index (χ3v) is 1.76. The first kappa shape index (κ1) is 10.6. The lowest BCUT2D eigenvalue weighted by Crippen LogP contribution is -2.30. The summed E-state index contributed by atoms with van der Waals surface area (Å²) in [5.74, 6) is 5.55. The van der Waals surface area contributed by atoms with Gasteiger partial charge in [-0.1, -0.05) is 11.8 Å². The summed E-state index contributed by atoms with van der Waals surface area (Å²) in [5, 5.41) is 0. The number of aryl methyl sites for hydroxylation is 1. The summed E-state index contributed by atoms with van der Waals surface area (Å²) in [5.41, 5.74) is -0.335. The zero-order chi connectivity index (χ0) is 10.6. The van der Waals surface area contributed by atoms with Gasteiger partial charge in [0.15, 0.2) is 0 Å². The monoisotopic (exact) mass is 212 g/mol. The van der Waals surface area contributed by atoms with Crippen molar-refractivity contribution in [2.75, 3.05) is 5.88 Å². The van der Waals surface area contributed by atoms with E-state index in [4.69, 9.17) is 11.6 Å². The lowest BCUT2D eigenvalue weighted by Gasteiger charge is -1.99. The number of hydrogen-bond acceptors (Lipinski definition) is 2. The van der Waals surface area contributed by atoms with Crippen molar-refractivity contribution in [2.45, 2.75) is 13.5 Å². The predicted molar refractivity (Wildman–Crippen MR) is 54.6 cm³/mol. The van der Waals surface area contributed by atoms with Crippen LogP contribution in [0.4, 0.5) is 0 Å². The van der Waals surface area contributed by atoms with Crippen LogP contribution in [0.25, 0.3) is 0 Å². The molecule has 5 heteroatoms. The molecular formula is C9H9ClN2O2. The largest absolute Gasteiger partial charge is 0.329 e. The Morgan fingerprint density at radius 3 is 2.86 bits per heavy atom. The van der Waals surface area contributed by atoms with E-state index in [1.807, 2.05) is 0 Å². The molecule has 0 bridgehead atoms. The van der Waals surface area contributed by atoms with Gasteiger partial charge in [0.1, 0.15) is 0 Å². The van der Waals surface area contributed by atoms with Gasteiger partial charge in [0.25, 0.3) is 5.56 Å². The highest BCUT2D eigenvalue weighted by Crippen LogP contribution is 1.83. The zero-order valence-corrected chi connectivity index (χ0v) is 8.39. The molecule has 0 aliphatic rings. The van der Waals surface area contributed by atoms with Crippen LogP contribution in [0, 0.1) is 18.8 Å². The molecule has 0 amide bonds. The van der Waals surface area contributed by atoms with Crippen molar-refractivity contribution in [1.82, 2.24) is 9.55 Å². The van der Waals surface area contributed by atoms with Gasteiger partial charge in [0, 0.05) is 11.8 Å². The first-order valence-electron chi connectivity index (χ1n) is 3.97. The van der Waals surface area contributed by atoms with E-state index in [0.29, 0.717) is 5.56 Å². The molecule has 1 rings (SSSR count). The van der Waals surface area contributed by atoms with Crippen molar-refractivity contribution in [3.8, 4) is 11.8 Å². The second-order valence-corrected chi connectivity index (χ2v) is 2.95. The first-order valence-corrected chi connectivity index (χ1v) is 4.50. The van der Waals surface area contributed by atoms with Gasteiger partial charge < -0.3 is 0 Å². The van der Waals surface area contributed by atoms with Crippen molar-refractivity contribution >= 4 is 11.6 Å². The molecule has 0 aliphatic heterocycles. The maximum absolute atomic E-state index is 11.2. The van der Waals surface area contributed by atoms with Crippen LogP contribution in [0.3, 0.4) is 0 Å². The van der Waals surface area contributed by atoms with Gasteiger partial charge in [0.2, 0.25) is 0 Å². The number of alkyl halides is 1. The quantitative estimate of drug-likeness (QED) is 0.530. The highest BCUT2D eigenvalue weighted by atomic mass is 35.5. The number of nitrogens with one attached hydrogen (secondary N) is 1. The molecule has 14 heavy (non-hydrogen) atoms. The van der Waals surface area contributed by atoms with E-state index < -0.39 is 5.69 Å². The summed E-state index contributed by atoms with van der Waals surface area (Å²) in [6, 6.07) is 0. The standard InChI is InChI=1S/C9H9ClN2O2/c1-7-6-12(5-3-2-4-10)9(14)11-8(7)13/h6H,4-5H2,1H3,(H,11,13,14). The van der Waals surface area contributed by atoms with E-state index in [-0.39, 0.29) is 18.0 Å². The minimum atomic E-state index is -0.454. The number of rotatable bonds is 1. The van der Waals surface area contributed by atoms with E-state index in [1.54, 1.807) is 6.92 Å². The normalized spacial score (nSPS) is 9.29. The van der Waals surface area contributed by atoms with Gasteiger partial charge in [-0.05, 0) is 6.92 Å². The van der Waals surface area contributed by atoms with E-state index >= 15 is 0 Å². The Bertz CT molecular complexity index is 490. The molecule has 0 aromatic carbocycles. The minimum Gasteiger partial charge on any atom is -0.289 e. The molecule has 0 spiro atoms. The van der Waals surface area contributed by atoms with Gasteiger partial charge in [-0.15, -0.1) is 11.6 Å². The second-order valence-electron chi connectivity index (χ2n) is 2.69. The van der Waals surface area contributed by atoms with Gasteiger partial charge >= 0.3 is 5.69 Å². The van der Waals surface area contributed by atoms with E-state index in [0.717, 1.165) is 0 Å². The molecule has 0 saturated carbocycles. The summed E-state index contributed by atoms with van der Waals surface area (Å²) in [6.07, 6.45) is 1.48. The third kappa shape index (κ3) is 2.51. The summed E-state index contributed by atoms with van der Waals surface area (Å²) < 4.78 is 1.33. The van der Waals surface area contributed by atoms with Crippen molar-refractivity contribution in [3.05, 3.63) is 32.6 Å². The highest BCUT2D eigenvalue weighted by Gasteiger charge is 1.97. The molecule has 74 valence electrons. The Labute approximate surface area is 85.5 Å². The number of H-pyrrole nitrogens is 1. The smallest absolute Gasteiger partial charge is 0.289 e. The van der Waals surface area contributed by atoms with Crippen LogP contribution in [0.15, 0.2) is 15.8 Å². The van der Waals surface area contributed by atoms with Crippen LogP contribution in [0.5, 0.6) is 0 Å². The van der Waals surface area contributed by atoms with Crippen LogP contribution in [0.1, 0.15) is 5.56 Å². The molecule has 0 fully saturated rings. The summed E-state index contributed by atoms with van der Waals surface area (Å²) in [7, 11) is 0. The molecule has 0 aliphatic carbocycles. The highest BCUT2D eigenvalue weighted by molar-refractivity contribution is 6.19. The van der Waals surface area contributed by atoms with Crippen LogP contribution >= 0.6 is 11.6 Å². The molecule has 0 atom stereocenters. The van der Waals surface area contributed by atoms with Crippen molar-refractivity contribution in [1.29, 1.82) is 0 Å². The Morgan fingerprint density at radius 2 is 2.21 bits per heavy atom. The van der Waals surface area contributed by atoms with Crippen molar-refractivity contribution in [3.63, 3.8) is 0 Å². The number of nitrogens with zero attached hydrogens (tertiary/aromatic N) is 1. The number of aromatic nitrogens is 2. The fourth-order valence-corrected chi connectivity index (χ4v) is 1.02. The predicted octanol–water partition coefficient (Wildman–Crippen LogP) is 0.0872. The van der Waals surface area contributed by atoms with Gasteiger partial charge in [-0.2, -0.15) is 0 Å². The summed E-state index contributed by atoms with van der Waals surface area (Å²) in [4.78, 5) is 24.4. The number of aromatic amines is 1. The number of hydrogen-bond donors (Lipinski definition) is 1. The molecule has 0 unspecified atom stereocenters. The van der Waals surface area contributed by atoms with Crippen LogP contribution < -0.4 is 11.2 Å². The van der Waals surface area contributed by atoms with Crippen molar-refractivity contribution < 1.29 is 0 Å².